The predicted octanol–water partition coefficient (Wildman–Crippen LogP) is 3.60. The highest BCUT2D eigenvalue weighted by Gasteiger charge is 2.12. The van der Waals surface area contributed by atoms with Crippen molar-refractivity contribution in [2.75, 3.05) is 0 Å². The Labute approximate surface area is 116 Å². The smallest absolute Gasteiger partial charge is 0.191 e. The summed E-state index contributed by atoms with van der Waals surface area (Å²) in [6.45, 7) is 1.74. The quantitative estimate of drug-likeness (QED) is 0.905. The van der Waals surface area contributed by atoms with Crippen molar-refractivity contribution in [2.24, 2.45) is 0 Å². The Morgan fingerprint density at radius 1 is 0.950 bits per heavy atom. The minimum atomic E-state index is -0.806. The zero-order chi connectivity index (χ0) is 14.5. The molecule has 2 nitrogen and oxygen atoms in total. The summed E-state index contributed by atoms with van der Waals surface area (Å²) in [5.41, 5.74) is 2.21. The summed E-state index contributed by atoms with van der Waals surface area (Å²) >= 11 is 0. The van der Waals surface area contributed by atoms with Crippen molar-refractivity contribution in [3.8, 4) is 5.75 Å². The van der Waals surface area contributed by atoms with E-state index in [0.29, 0.717) is 0 Å². The van der Waals surface area contributed by atoms with Gasteiger partial charge < -0.3 is 9.84 Å². The summed E-state index contributed by atoms with van der Waals surface area (Å²) in [4.78, 5) is 0. The summed E-state index contributed by atoms with van der Waals surface area (Å²) < 4.78 is 32.5. The Morgan fingerprint density at radius 2 is 1.50 bits per heavy atom. The second-order valence-electron chi connectivity index (χ2n) is 4.51. The van der Waals surface area contributed by atoms with E-state index in [1.807, 2.05) is 24.3 Å². The van der Waals surface area contributed by atoms with Crippen molar-refractivity contribution >= 4 is 0 Å². The third kappa shape index (κ3) is 3.33. The third-order valence-corrected chi connectivity index (χ3v) is 3.06. The Morgan fingerprint density at radius 3 is 2.00 bits per heavy atom. The van der Waals surface area contributed by atoms with E-state index in [-0.39, 0.29) is 12.2 Å². The van der Waals surface area contributed by atoms with Crippen molar-refractivity contribution in [3.63, 3.8) is 0 Å². The van der Waals surface area contributed by atoms with Crippen molar-refractivity contribution < 1.29 is 18.6 Å². The van der Waals surface area contributed by atoms with Gasteiger partial charge in [0.2, 0.25) is 0 Å². The number of ether oxygens (including phenoxy) is 1. The maximum Gasteiger partial charge on any atom is 0.191 e. The fourth-order valence-electron chi connectivity index (χ4n) is 1.87. The molecule has 4 heteroatoms. The largest absolute Gasteiger partial charge is 0.483 e. The average Bonchev–Trinajstić information content (AvgIpc) is 2.46. The Hall–Kier alpha value is -1.94. The van der Waals surface area contributed by atoms with E-state index < -0.39 is 24.0 Å². The average molecular weight is 278 g/mol. The minimum absolute atomic E-state index is 0.0936. The summed E-state index contributed by atoms with van der Waals surface area (Å²) in [6, 6.07) is 9.80. The lowest BCUT2D eigenvalue weighted by Crippen LogP contribution is -2.01. The highest BCUT2D eigenvalue weighted by Crippen LogP contribution is 2.24. The molecule has 0 radical (unpaired) electrons. The van der Waals surface area contributed by atoms with Gasteiger partial charge in [-0.25, -0.2) is 8.78 Å². The zero-order valence-corrected chi connectivity index (χ0v) is 11.2. The highest BCUT2D eigenvalue weighted by molar-refractivity contribution is 5.31. The topological polar surface area (TPSA) is 29.5 Å². The van der Waals surface area contributed by atoms with E-state index >= 15 is 0 Å². The van der Waals surface area contributed by atoms with Crippen LogP contribution in [-0.2, 0) is 19.6 Å². The van der Waals surface area contributed by atoms with Crippen molar-refractivity contribution in [2.45, 2.75) is 26.6 Å². The van der Waals surface area contributed by atoms with Crippen LogP contribution in [0.5, 0.6) is 5.75 Å². The number of hydrogen-bond donors (Lipinski definition) is 1. The molecule has 0 aliphatic carbocycles. The van der Waals surface area contributed by atoms with E-state index in [1.165, 1.54) is 5.56 Å². The van der Waals surface area contributed by atoms with E-state index in [4.69, 9.17) is 9.84 Å². The molecule has 0 saturated carbocycles. The number of rotatable bonds is 5. The molecule has 1 N–H and O–H groups in total. The van der Waals surface area contributed by atoms with Gasteiger partial charge in [0.25, 0.3) is 0 Å². The van der Waals surface area contributed by atoms with Gasteiger partial charge in [-0.15, -0.1) is 0 Å². The standard InChI is InChI=1S/C16H16F2O2/c1-2-11-3-5-12(6-4-11)10-20-16-14(17)7-13(9-19)8-15(16)18/h3-8,19H,2,9-10H2,1H3. The first-order valence-corrected chi connectivity index (χ1v) is 6.43. The molecule has 2 aromatic rings. The van der Waals surface area contributed by atoms with Gasteiger partial charge in [-0.2, -0.15) is 0 Å². The molecule has 0 atom stereocenters. The van der Waals surface area contributed by atoms with E-state index in [2.05, 4.69) is 6.92 Å². The predicted molar refractivity (Wildman–Crippen MR) is 72.4 cm³/mol. The Balaban J connectivity index is 2.10. The molecule has 2 rings (SSSR count). The molecule has 20 heavy (non-hydrogen) atoms. The molecule has 0 saturated heterocycles. The molecule has 0 fully saturated rings. The summed E-state index contributed by atoms with van der Waals surface area (Å²) in [6.07, 6.45) is 0.938. The molecule has 0 aromatic heterocycles. The number of aliphatic hydroxyl groups excluding tert-OH is 1. The van der Waals surface area contributed by atoms with Crippen LogP contribution in [0.1, 0.15) is 23.6 Å². The highest BCUT2D eigenvalue weighted by atomic mass is 19.1. The van der Waals surface area contributed by atoms with Gasteiger partial charge >= 0.3 is 0 Å². The van der Waals surface area contributed by atoms with Gasteiger partial charge in [-0.3, -0.25) is 0 Å². The van der Waals surface area contributed by atoms with Gasteiger partial charge in [0.1, 0.15) is 6.61 Å². The van der Waals surface area contributed by atoms with Gasteiger partial charge in [0.05, 0.1) is 6.61 Å². The molecular formula is C16H16F2O2. The van der Waals surface area contributed by atoms with Crippen molar-refractivity contribution in [1.82, 2.24) is 0 Å². The molecule has 0 unspecified atom stereocenters. The van der Waals surface area contributed by atoms with Crippen LogP contribution in [0.2, 0.25) is 0 Å². The third-order valence-electron chi connectivity index (χ3n) is 3.06. The van der Waals surface area contributed by atoms with Crippen LogP contribution in [0, 0.1) is 11.6 Å². The van der Waals surface area contributed by atoms with Crippen LogP contribution in [0.25, 0.3) is 0 Å². The van der Waals surface area contributed by atoms with E-state index in [9.17, 15) is 8.78 Å². The number of halogens is 2. The van der Waals surface area contributed by atoms with Crippen LogP contribution in [0.3, 0.4) is 0 Å². The monoisotopic (exact) mass is 278 g/mol. The molecule has 0 heterocycles. The van der Waals surface area contributed by atoms with E-state index in [0.717, 1.165) is 24.1 Å². The van der Waals surface area contributed by atoms with Crippen LogP contribution in [0.4, 0.5) is 8.78 Å². The van der Waals surface area contributed by atoms with Crippen LogP contribution in [0.15, 0.2) is 36.4 Å². The minimum Gasteiger partial charge on any atom is -0.483 e. The lowest BCUT2D eigenvalue weighted by molar-refractivity contribution is 0.266. The first kappa shape index (κ1) is 14.5. The van der Waals surface area contributed by atoms with E-state index in [1.54, 1.807) is 0 Å². The number of hydrogen-bond acceptors (Lipinski definition) is 2. The lowest BCUT2D eigenvalue weighted by Gasteiger charge is -2.10. The molecular weight excluding hydrogens is 262 g/mol. The first-order chi connectivity index (χ1) is 9.63. The molecule has 0 spiro atoms. The SMILES string of the molecule is CCc1ccc(COc2c(F)cc(CO)cc2F)cc1. The molecule has 0 amide bonds. The fraction of sp³-hybridized carbons (Fsp3) is 0.250. The molecule has 0 aliphatic rings. The van der Waals surface area contributed by atoms with Crippen LogP contribution < -0.4 is 4.74 Å². The van der Waals surface area contributed by atoms with Crippen molar-refractivity contribution in [3.05, 3.63) is 64.7 Å². The molecule has 2 aromatic carbocycles. The van der Waals surface area contributed by atoms with Gasteiger partial charge in [-0.05, 0) is 35.2 Å². The lowest BCUT2D eigenvalue weighted by atomic mass is 10.1. The molecule has 106 valence electrons. The van der Waals surface area contributed by atoms with Gasteiger partial charge in [-0.1, -0.05) is 31.2 Å². The maximum absolute atomic E-state index is 13.6. The summed E-state index contributed by atoms with van der Waals surface area (Å²) in [5, 5.41) is 8.86. The zero-order valence-electron chi connectivity index (χ0n) is 11.2. The second-order valence-corrected chi connectivity index (χ2v) is 4.51. The number of aliphatic hydroxyl groups is 1. The molecule has 0 bridgehead atoms. The van der Waals surface area contributed by atoms with Crippen LogP contribution >= 0.6 is 0 Å². The fourth-order valence-corrected chi connectivity index (χ4v) is 1.87. The van der Waals surface area contributed by atoms with Gasteiger partial charge in [0.15, 0.2) is 17.4 Å². The first-order valence-electron chi connectivity index (χ1n) is 6.43. The summed E-state index contributed by atoms with van der Waals surface area (Å²) in [5.74, 6) is -2.03. The molecule has 0 aliphatic heterocycles. The summed E-state index contributed by atoms with van der Waals surface area (Å²) in [7, 11) is 0. The second kappa shape index (κ2) is 6.48. The Kier molecular flexibility index (Phi) is 4.69. The van der Waals surface area contributed by atoms with Crippen molar-refractivity contribution in [1.29, 1.82) is 0 Å². The maximum atomic E-state index is 13.6. The number of benzene rings is 2. The Bertz CT molecular complexity index is 557. The van der Waals surface area contributed by atoms with Crippen LogP contribution in [-0.4, -0.2) is 5.11 Å². The number of aryl methyl sites for hydroxylation is 1. The normalized spacial score (nSPS) is 10.6. The van der Waals surface area contributed by atoms with Gasteiger partial charge in [0, 0.05) is 0 Å².